The second kappa shape index (κ2) is 7.28. The summed E-state index contributed by atoms with van der Waals surface area (Å²) in [6, 6.07) is 14.2. The maximum absolute atomic E-state index is 12.3. The molecule has 0 aromatic heterocycles. The predicted molar refractivity (Wildman–Crippen MR) is 98.0 cm³/mol. The lowest BCUT2D eigenvalue weighted by Gasteiger charge is -2.39. The number of halogens is 1. The second-order valence-electron chi connectivity index (χ2n) is 6.20. The molecule has 0 spiro atoms. The van der Waals surface area contributed by atoms with Crippen LogP contribution in [0.4, 0.5) is 5.69 Å². The van der Waals surface area contributed by atoms with Crippen molar-refractivity contribution in [2.75, 3.05) is 11.9 Å². The SMILES string of the molecule is CCOC(=O)C1(c2ccc(NC(=O)c3cccc(Cl)c3)cc2)CCC1. The van der Waals surface area contributed by atoms with Crippen LogP contribution in [-0.2, 0) is 14.9 Å². The molecule has 4 nitrogen and oxygen atoms in total. The monoisotopic (exact) mass is 357 g/mol. The number of anilines is 1. The molecule has 2 aromatic carbocycles. The summed E-state index contributed by atoms with van der Waals surface area (Å²) in [4.78, 5) is 24.6. The highest BCUT2D eigenvalue weighted by molar-refractivity contribution is 6.31. The van der Waals surface area contributed by atoms with Crippen molar-refractivity contribution in [3.63, 3.8) is 0 Å². The first-order valence-corrected chi connectivity index (χ1v) is 8.77. The molecule has 0 heterocycles. The van der Waals surface area contributed by atoms with Crippen molar-refractivity contribution in [2.24, 2.45) is 0 Å². The molecule has 1 aliphatic rings. The summed E-state index contributed by atoms with van der Waals surface area (Å²) in [6.45, 7) is 2.20. The van der Waals surface area contributed by atoms with Gasteiger partial charge >= 0.3 is 5.97 Å². The average molecular weight is 358 g/mol. The Kier molecular flexibility index (Phi) is 5.09. The summed E-state index contributed by atoms with van der Waals surface area (Å²) in [5, 5.41) is 3.36. The van der Waals surface area contributed by atoms with Crippen LogP contribution in [0.5, 0.6) is 0 Å². The summed E-state index contributed by atoms with van der Waals surface area (Å²) in [6.07, 6.45) is 2.63. The van der Waals surface area contributed by atoms with E-state index < -0.39 is 5.41 Å². The Hall–Kier alpha value is -2.33. The van der Waals surface area contributed by atoms with E-state index in [0.29, 0.717) is 22.9 Å². The van der Waals surface area contributed by atoms with Crippen molar-refractivity contribution >= 4 is 29.2 Å². The van der Waals surface area contributed by atoms with Gasteiger partial charge in [-0.3, -0.25) is 9.59 Å². The van der Waals surface area contributed by atoms with Gasteiger partial charge in [0.25, 0.3) is 5.91 Å². The number of nitrogens with one attached hydrogen (secondary N) is 1. The van der Waals surface area contributed by atoms with Crippen molar-refractivity contribution in [3.05, 3.63) is 64.7 Å². The van der Waals surface area contributed by atoms with Gasteiger partial charge < -0.3 is 10.1 Å². The number of benzene rings is 2. The summed E-state index contributed by atoms with van der Waals surface area (Å²) < 4.78 is 5.25. The first kappa shape index (κ1) is 17.5. The molecule has 0 unspecified atom stereocenters. The molecule has 0 aliphatic heterocycles. The normalized spacial score (nSPS) is 15.1. The number of rotatable bonds is 5. The fourth-order valence-corrected chi connectivity index (χ4v) is 3.31. The maximum atomic E-state index is 12.3. The van der Waals surface area contributed by atoms with Gasteiger partial charge in [-0.25, -0.2) is 0 Å². The number of hydrogen-bond acceptors (Lipinski definition) is 3. The summed E-state index contributed by atoms with van der Waals surface area (Å²) in [5.41, 5.74) is 1.59. The number of hydrogen-bond donors (Lipinski definition) is 1. The van der Waals surface area contributed by atoms with Crippen LogP contribution in [0.3, 0.4) is 0 Å². The molecule has 130 valence electrons. The third-order valence-corrected chi connectivity index (χ3v) is 4.89. The fraction of sp³-hybridized carbons (Fsp3) is 0.300. The lowest BCUT2D eigenvalue weighted by Crippen LogP contribution is -2.43. The van der Waals surface area contributed by atoms with Crippen molar-refractivity contribution < 1.29 is 14.3 Å². The van der Waals surface area contributed by atoms with Crippen LogP contribution in [0.1, 0.15) is 42.1 Å². The molecule has 1 fully saturated rings. The van der Waals surface area contributed by atoms with Crippen LogP contribution in [0.15, 0.2) is 48.5 Å². The smallest absolute Gasteiger partial charge is 0.316 e. The Morgan fingerprint density at radius 2 is 1.88 bits per heavy atom. The fourth-order valence-electron chi connectivity index (χ4n) is 3.12. The van der Waals surface area contributed by atoms with E-state index >= 15 is 0 Å². The van der Waals surface area contributed by atoms with Crippen molar-refractivity contribution in [3.8, 4) is 0 Å². The van der Waals surface area contributed by atoms with Crippen molar-refractivity contribution in [2.45, 2.75) is 31.6 Å². The lowest BCUT2D eigenvalue weighted by molar-refractivity contribution is -0.153. The van der Waals surface area contributed by atoms with E-state index in [1.807, 2.05) is 31.2 Å². The molecule has 0 bridgehead atoms. The van der Waals surface area contributed by atoms with E-state index in [9.17, 15) is 9.59 Å². The molecule has 0 saturated heterocycles. The molecule has 2 aromatic rings. The summed E-state index contributed by atoms with van der Waals surface area (Å²) in [5.74, 6) is -0.379. The zero-order valence-corrected chi connectivity index (χ0v) is 14.8. The van der Waals surface area contributed by atoms with E-state index in [4.69, 9.17) is 16.3 Å². The van der Waals surface area contributed by atoms with Gasteiger partial charge in [-0.05, 0) is 55.7 Å². The molecule has 1 saturated carbocycles. The van der Waals surface area contributed by atoms with E-state index in [-0.39, 0.29) is 11.9 Å². The third-order valence-electron chi connectivity index (χ3n) is 4.66. The summed E-state index contributed by atoms with van der Waals surface area (Å²) in [7, 11) is 0. The highest BCUT2D eigenvalue weighted by Crippen LogP contribution is 2.45. The molecule has 3 rings (SSSR count). The van der Waals surface area contributed by atoms with Crippen LogP contribution >= 0.6 is 11.6 Å². The van der Waals surface area contributed by atoms with Gasteiger partial charge in [-0.15, -0.1) is 0 Å². The Labute approximate surface area is 152 Å². The highest BCUT2D eigenvalue weighted by atomic mass is 35.5. The molecular formula is C20H20ClNO3. The van der Waals surface area contributed by atoms with Crippen LogP contribution < -0.4 is 5.32 Å². The van der Waals surface area contributed by atoms with E-state index in [2.05, 4.69) is 5.32 Å². The van der Waals surface area contributed by atoms with Crippen molar-refractivity contribution in [1.82, 2.24) is 0 Å². The van der Waals surface area contributed by atoms with Gasteiger partial charge in [0, 0.05) is 16.3 Å². The van der Waals surface area contributed by atoms with Crippen LogP contribution in [0, 0.1) is 0 Å². The Balaban J connectivity index is 1.74. The third kappa shape index (κ3) is 3.54. The molecule has 5 heteroatoms. The zero-order chi connectivity index (χ0) is 17.9. The van der Waals surface area contributed by atoms with Crippen LogP contribution in [0.2, 0.25) is 5.02 Å². The second-order valence-corrected chi connectivity index (χ2v) is 6.63. The molecule has 1 N–H and O–H groups in total. The first-order valence-electron chi connectivity index (χ1n) is 8.40. The Bertz CT molecular complexity index is 782. The van der Waals surface area contributed by atoms with E-state index in [0.717, 1.165) is 24.8 Å². The topological polar surface area (TPSA) is 55.4 Å². The molecule has 1 aliphatic carbocycles. The number of amides is 1. The van der Waals surface area contributed by atoms with Gasteiger partial charge in [-0.1, -0.05) is 36.2 Å². The van der Waals surface area contributed by atoms with Crippen LogP contribution in [-0.4, -0.2) is 18.5 Å². The zero-order valence-electron chi connectivity index (χ0n) is 14.0. The van der Waals surface area contributed by atoms with Crippen molar-refractivity contribution in [1.29, 1.82) is 0 Å². The quantitative estimate of drug-likeness (QED) is 0.797. The van der Waals surface area contributed by atoms with Gasteiger partial charge in [0.05, 0.1) is 12.0 Å². The Morgan fingerprint density at radius 3 is 2.44 bits per heavy atom. The minimum atomic E-state index is -0.522. The number of carbonyl (C=O) groups excluding carboxylic acids is 2. The van der Waals surface area contributed by atoms with Gasteiger partial charge in [-0.2, -0.15) is 0 Å². The summed E-state index contributed by atoms with van der Waals surface area (Å²) >= 11 is 5.92. The van der Waals surface area contributed by atoms with Gasteiger partial charge in [0.1, 0.15) is 0 Å². The number of ether oxygens (including phenoxy) is 1. The molecule has 1 amide bonds. The largest absolute Gasteiger partial charge is 0.465 e. The highest BCUT2D eigenvalue weighted by Gasteiger charge is 2.46. The van der Waals surface area contributed by atoms with Crippen LogP contribution in [0.25, 0.3) is 0 Å². The minimum absolute atomic E-state index is 0.156. The van der Waals surface area contributed by atoms with Gasteiger partial charge in [0.15, 0.2) is 0 Å². The predicted octanol–water partition coefficient (Wildman–Crippen LogP) is 4.58. The average Bonchev–Trinajstić information content (AvgIpc) is 2.55. The molecular weight excluding hydrogens is 338 g/mol. The number of carbonyl (C=O) groups is 2. The minimum Gasteiger partial charge on any atom is -0.465 e. The van der Waals surface area contributed by atoms with E-state index in [1.54, 1.807) is 24.3 Å². The Morgan fingerprint density at radius 1 is 1.16 bits per heavy atom. The molecule has 0 radical (unpaired) electrons. The lowest BCUT2D eigenvalue weighted by atomic mass is 9.64. The molecule has 25 heavy (non-hydrogen) atoms. The molecule has 0 atom stereocenters. The first-order chi connectivity index (χ1) is 12.0. The number of esters is 1. The maximum Gasteiger partial charge on any atom is 0.316 e. The van der Waals surface area contributed by atoms with Gasteiger partial charge in [0.2, 0.25) is 0 Å². The van der Waals surface area contributed by atoms with E-state index in [1.165, 1.54) is 0 Å². The standard InChI is InChI=1S/C20H20ClNO3/c1-2-25-19(24)20(11-4-12-20)15-7-9-17(10-8-15)22-18(23)14-5-3-6-16(21)13-14/h3,5-10,13H,2,4,11-12H2,1H3,(H,22,23).